The monoisotopic (exact) mass is 228 g/mol. The Labute approximate surface area is 81.1 Å². The maximum absolute atomic E-state index is 9.21. The second-order valence-electron chi connectivity index (χ2n) is 0.470. The molecule has 1 nitrogen and oxygen atoms in total. The normalized spacial score (nSPS) is 4.33. The van der Waals surface area contributed by atoms with Crippen molar-refractivity contribution in [2.45, 2.75) is 6.92 Å². The van der Waals surface area contributed by atoms with Gasteiger partial charge >= 0.3 is 29.6 Å². The van der Waals surface area contributed by atoms with Crippen molar-refractivity contribution in [1.29, 1.82) is 0 Å². The van der Waals surface area contributed by atoms with Crippen LogP contribution in [0.1, 0.15) is 6.92 Å². The van der Waals surface area contributed by atoms with E-state index in [1.165, 1.54) is 6.92 Å². The molecule has 0 aromatic carbocycles. The van der Waals surface area contributed by atoms with Crippen LogP contribution in [0.4, 0.5) is 0 Å². The van der Waals surface area contributed by atoms with Crippen LogP contribution in [-0.2, 0) is 4.79 Å². The number of carbonyl (C=O) groups excluding carboxylic acids is 1. The van der Waals surface area contributed by atoms with E-state index in [1.807, 2.05) is 0 Å². The molecule has 0 amide bonds. The maximum atomic E-state index is 9.21. The SMILES string of the molecule is CC(=O)Cl.[I-].[Na+]. The predicted octanol–water partition coefficient (Wildman–Crippen LogP) is -5.22. The summed E-state index contributed by atoms with van der Waals surface area (Å²) < 4.78 is 0. The number of hydrogen-bond donors (Lipinski definition) is 0. The molecule has 0 N–H and O–H groups in total. The first kappa shape index (κ1) is 15.6. The summed E-state index contributed by atoms with van der Waals surface area (Å²) in [6.07, 6.45) is 0. The van der Waals surface area contributed by atoms with Crippen LogP contribution in [0.2, 0.25) is 0 Å². The molecule has 0 saturated heterocycles. The third kappa shape index (κ3) is 43.8. The van der Waals surface area contributed by atoms with E-state index in [9.17, 15) is 4.79 Å². The summed E-state index contributed by atoms with van der Waals surface area (Å²) in [4.78, 5) is 9.21. The summed E-state index contributed by atoms with van der Waals surface area (Å²) >= 11 is 4.64. The quantitative estimate of drug-likeness (QED) is 0.230. The molecule has 0 radical (unpaired) electrons. The van der Waals surface area contributed by atoms with E-state index in [0.29, 0.717) is 0 Å². The van der Waals surface area contributed by atoms with Crippen molar-refractivity contribution < 1.29 is 58.3 Å². The first-order valence-corrected chi connectivity index (χ1v) is 1.27. The molecule has 0 rings (SSSR count). The zero-order valence-corrected chi connectivity index (χ0v) is 8.58. The van der Waals surface area contributed by atoms with Crippen molar-refractivity contribution in [1.82, 2.24) is 0 Å². The average Bonchev–Trinajstić information content (AvgIpc) is 0.811. The topological polar surface area (TPSA) is 17.1 Å². The zero-order chi connectivity index (χ0) is 3.58. The first-order chi connectivity index (χ1) is 1.73. The maximum Gasteiger partial charge on any atom is 1.00 e. The van der Waals surface area contributed by atoms with Crippen LogP contribution >= 0.6 is 11.6 Å². The smallest absolute Gasteiger partial charge is 1.00 e. The van der Waals surface area contributed by atoms with Crippen molar-refractivity contribution >= 4 is 16.8 Å². The predicted molar refractivity (Wildman–Crippen MR) is 16.5 cm³/mol. The number of hydrogen-bond acceptors (Lipinski definition) is 1. The molecular formula is C2H3ClINaO. The van der Waals surface area contributed by atoms with Crippen LogP contribution in [0.5, 0.6) is 0 Å². The Hall–Kier alpha value is 1.69. The van der Waals surface area contributed by atoms with Crippen molar-refractivity contribution in [3.63, 3.8) is 0 Å². The van der Waals surface area contributed by atoms with Gasteiger partial charge in [0.05, 0.1) is 0 Å². The molecule has 0 bridgehead atoms. The minimum Gasteiger partial charge on any atom is -1.00 e. The van der Waals surface area contributed by atoms with Crippen LogP contribution in [0.3, 0.4) is 0 Å². The van der Waals surface area contributed by atoms with Crippen LogP contribution in [0.15, 0.2) is 0 Å². The zero-order valence-electron chi connectivity index (χ0n) is 3.66. The Morgan fingerprint density at radius 3 is 1.67 bits per heavy atom. The summed E-state index contributed by atoms with van der Waals surface area (Å²) in [6.45, 7) is 1.29. The molecule has 0 saturated carbocycles. The molecule has 0 aliphatic carbocycles. The van der Waals surface area contributed by atoms with E-state index in [1.54, 1.807) is 0 Å². The Kier molecular flexibility index (Phi) is 25.7. The molecule has 0 aliphatic heterocycles. The molecular weight excluding hydrogens is 225 g/mol. The van der Waals surface area contributed by atoms with Gasteiger partial charge in [-0.25, -0.2) is 0 Å². The number of halogens is 2. The standard InChI is InChI=1S/C2H3ClO.HI.Na/c1-2(3)4;;/h1H3;1H;/q;;+1/p-1. The Morgan fingerprint density at radius 2 is 1.67 bits per heavy atom. The summed E-state index contributed by atoms with van der Waals surface area (Å²) in [5.74, 6) is 0. The fourth-order valence-electron chi connectivity index (χ4n) is 0. The van der Waals surface area contributed by atoms with Gasteiger partial charge in [-0.1, -0.05) is 0 Å². The molecule has 0 aliphatic rings. The van der Waals surface area contributed by atoms with Gasteiger partial charge in [-0.15, -0.1) is 0 Å². The van der Waals surface area contributed by atoms with E-state index in [2.05, 4.69) is 11.6 Å². The van der Waals surface area contributed by atoms with Crippen LogP contribution in [0.25, 0.3) is 0 Å². The van der Waals surface area contributed by atoms with Gasteiger partial charge in [-0.2, -0.15) is 0 Å². The molecule has 0 aromatic rings. The van der Waals surface area contributed by atoms with Gasteiger partial charge < -0.3 is 24.0 Å². The average molecular weight is 228 g/mol. The fraction of sp³-hybridized carbons (Fsp3) is 0.500. The number of carbonyl (C=O) groups is 1. The molecule has 0 fully saturated rings. The molecule has 0 unspecified atom stereocenters. The molecule has 0 spiro atoms. The Morgan fingerprint density at radius 1 is 1.67 bits per heavy atom. The third-order valence-corrected chi connectivity index (χ3v) is 0. The molecule has 4 heteroatoms. The van der Waals surface area contributed by atoms with Gasteiger partial charge in [-0.05, 0) is 11.6 Å². The largest absolute Gasteiger partial charge is 1.00 e. The van der Waals surface area contributed by atoms with Crippen molar-refractivity contribution in [3.8, 4) is 0 Å². The molecule has 0 aromatic heterocycles. The Bertz CT molecular complexity index is 36.5. The van der Waals surface area contributed by atoms with Crippen LogP contribution in [0, 0.1) is 0 Å². The number of rotatable bonds is 0. The van der Waals surface area contributed by atoms with Crippen LogP contribution < -0.4 is 53.5 Å². The van der Waals surface area contributed by atoms with Crippen molar-refractivity contribution in [2.24, 2.45) is 0 Å². The Balaban J connectivity index is -0.0000000450. The van der Waals surface area contributed by atoms with Crippen LogP contribution in [-0.4, -0.2) is 5.24 Å². The van der Waals surface area contributed by atoms with Gasteiger partial charge in [0.2, 0.25) is 5.24 Å². The molecule has 0 atom stereocenters. The molecule has 0 heterocycles. The third-order valence-electron chi connectivity index (χ3n) is 0. The second kappa shape index (κ2) is 9.85. The van der Waals surface area contributed by atoms with Gasteiger partial charge in [0.25, 0.3) is 0 Å². The summed E-state index contributed by atoms with van der Waals surface area (Å²) in [5, 5.41) is -0.361. The van der Waals surface area contributed by atoms with Gasteiger partial charge in [-0.3, -0.25) is 4.79 Å². The van der Waals surface area contributed by atoms with E-state index < -0.39 is 0 Å². The van der Waals surface area contributed by atoms with Crippen molar-refractivity contribution in [2.75, 3.05) is 0 Å². The first-order valence-electron chi connectivity index (χ1n) is 0.893. The van der Waals surface area contributed by atoms with E-state index >= 15 is 0 Å². The van der Waals surface area contributed by atoms with E-state index in [-0.39, 0.29) is 58.8 Å². The van der Waals surface area contributed by atoms with Crippen molar-refractivity contribution in [3.05, 3.63) is 0 Å². The summed E-state index contributed by atoms with van der Waals surface area (Å²) in [6, 6.07) is 0. The van der Waals surface area contributed by atoms with Gasteiger partial charge in [0.15, 0.2) is 0 Å². The fourth-order valence-corrected chi connectivity index (χ4v) is 0. The molecule has 6 heavy (non-hydrogen) atoms. The minimum atomic E-state index is -0.361. The van der Waals surface area contributed by atoms with Gasteiger partial charge in [0.1, 0.15) is 0 Å². The minimum absolute atomic E-state index is 0. The molecule has 32 valence electrons. The summed E-state index contributed by atoms with van der Waals surface area (Å²) in [5.41, 5.74) is 0. The second-order valence-corrected chi connectivity index (χ2v) is 1.00. The van der Waals surface area contributed by atoms with Gasteiger partial charge in [0, 0.05) is 6.92 Å². The summed E-state index contributed by atoms with van der Waals surface area (Å²) in [7, 11) is 0. The van der Waals surface area contributed by atoms with E-state index in [0.717, 1.165) is 0 Å². The van der Waals surface area contributed by atoms with E-state index in [4.69, 9.17) is 0 Å².